The highest BCUT2D eigenvalue weighted by Crippen LogP contribution is 2.40. The molecule has 2 unspecified atom stereocenters. The topological polar surface area (TPSA) is 41.9 Å². The van der Waals surface area contributed by atoms with Crippen molar-refractivity contribution in [3.05, 3.63) is 107 Å². The normalized spacial score (nSPS) is 23.9. The van der Waals surface area contributed by atoms with E-state index in [9.17, 15) is 4.79 Å². The zero-order chi connectivity index (χ0) is 22.6. The molecule has 0 spiro atoms. The standard InChI is InChI=1S/C29H30N2O2/c1-33-29(32)25-14-12-23(13-15-25)26(22-10-6-3-7-11-22)28-27(24-16-18-31(28)19-17-24)30-20-21-8-4-2-5-9-21/h2-15,24,26,28H,16-20H2,1H3. The van der Waals surface area contributed by atoms with Crippen LogP contribution < -0.4 is 0 Å². The van der Waals surface area contributed by atoms with Crippen molar-refractivity contribution in [1.29, 1.82) is 0 Å². The molecule has 0 N–H and O–H groups in total. The van der Waals surface area contributed by atoms with Crippen molar-refractivity contribution in [2.24, 2.45) is 10.9 Å². The average Bonchev–Trinajstić information content (AvgIpc) is 2.90. The van der Waals surface area contributed by atoms with Crippen molar-refractivity contribution >= 4 is 11.7 Å². The van der Waals surface area contributed by atoms with Crippen molar-refractivity contribution in [2.45, 2.75) is 31.3 Å². The Kier molecular flexibility index (Phi) is 6.36. The number of rotatable bonds is 6. The van der Waals surface area contributed by atoms with E-state index >= 15 is 0 Å². The maximum Gasteiger partial charge on any atom is 0.337 e. The first-order chi connectivity index (χ1) is 16.2. The van der Waals surface area contributed by atoms with E-state index in [4.69, 9.17) is 9.73 Å². The Hall–Kier alpha value is -3.24. The number of methoxy groups -OCH3 is 1. The van der Waals surface area contributed by atoms with E-state index in [-0.39, 0.29) is 17.9 Å². The van der Waals surface area contributed by atoms with Crippen molar-refractivity contribution in [1.82, 2.24) is 4.90 Å². The van der Waals surface area contributed by atoms with Crippen LogP contribution in [0.3, 0.4) is 0 Å². The highest BCUT2D eigenvalue weighted by molar-refractivity contribution is 5.94. The van der Waals surface area contributed by atoms with Crippen LogP contribution in [0.5, 0.6) is 0 Å². The van der Waals surface area contributed by atoms with Crippen LogP contribution in [0.2, 0.25) is 0 Å². The van der Waals surface area contributed by atoms with Gasteiger partial charge in [0, 0.05) is 17.5 Å². The molecule has 3 aliphatic heterocycles. The van der Waals surface area contributed by atoms with E-state index in [1.807, 2.05) is 12.1 Å². The van der Waals surface area contributed by atoms with E-state index < -0.39 is 0 Å². The molecular formula is C29H30N2O2. The molecule has 2 bridgehead atoms. The Morgan fingerprint density at radius 2 is 1.52 bits per heavy atom. The number of esters is 1. The number of nitrogens with zero attached hydrogens (tertiary/aromatic N) is 2. The van der Waals surface area contributed by atoms with Gasteiger partial charge in [0.05, 0.1) is 25.3 Å². The minimum absolute atomic E-state index is 0.163. The lowest BCUT2D eigenvalue weighted by molar-refractivity contribution is 0.0600. The lowest BCUT2D eigenvalue weighted by Crippen LogP contribution is -2.58. The Balaban J connectivity index is 1.56. The van der Waals surface area contributed by atoms with Crippen LogP contribution in [0.1, 0.15) is 45.8 Å². The monoisotopic (exact) mass is 438 g/mol. The first kappa shape index (κ1) is 21.6. The first-order valence-corrected chi connectivity index (χ1v) is 11.8. The second-order valence-corrected chi connectivity index (χ2v) is 8.98. The molecule has 3 aliphatic rings. The van der Waals surface area contributed by atoms with Crippen LogP contribution in [-0.2, 0) is 11.3 Å². The molecule has 3 aromatic rings. The van der Waals surface area contributed by atoms with Gasteiger partial charge in [0.2, 0.25) is 0 Å². The third-order valence-electron chi connectivity index (χ3n) is 7.10. The summed E-state index contributed by atoms with van der Waals surface area (Å²) in [5.74, 6) is 0.406. The number of aliphatic imine (C=N–C) groups is 1. The fourth-order valence-corrected chi connectivity index (χ4v) is 5.43. The molecule has 33 heavy (non-hydrogen) atoms. The van der Waals surface area contributed by atoms with E-state index in [1.165, 1.54) is 42.4 Å². The zero-order valence-electron chi connectivity index (χ0n) is 19.1. The minimum Gasteiger partial charge on any atom is -0.465 e. The largest absolute Gasteiger partial charge is 0.465 e. The third kappa shape index (κ3) is 4.49. The summed E-state index contributed by atoms with van der Waals surface area (Å²) in [5.41, 5.74) is 5.66. The summed E-state index contributed by atoms with van der Waals surface area (Å²) in [4.78, 5) is 19.9. The van der Waals surface area contributed by atoms with Crippen molar-refractivity contribution in [3.63, 3.8) is 0 Å². The minimum atomic E-state index is -0.302. The van der Waals surface area contributed by atoms with Gasteiger partial charge in [-0.05, 0) is 54.8 Å². The Morgan fingerprint density at radius 1 is 0.909 bits per heavy atom. The molecule has 0 aromatic heterocycles. The number of piperidine rings is 3. The van der Waals surface area contributed by atoms with Gasteiger partial charge in [-0.1, -0.05) is 72.8 Å². The van der Waals surface area contributed by atoms with Crippen LogP contribution in [0.4, 0.5) is 0 Å². The SMILES string of the molecule is COC(=O)c1ccc(C(c2ccccc2)C2C(=NCc3ccccc3)C3CCN2CC3)cc1. The van der Waals surface area contributed by atoms with Crippen molar-refractivity contribution < 1.29 is 9.53 Å². The molecule has 3 saturated heterocycles. The number of fused-ring (bicyclic) bond motifs is 3. The molecule has 0 saturated carbocycles. The van der Waals surface area contributed by atoms with Crippen molar-refractivity contribution in [2.75, 3.05) is 20.2 Å². The summed E-state index contributed by atoms with van der Waals surface area (Å²) in [7, 11) is 1.42. The maximum absolute atomic E-state index is 12.0. The van der Waals surface area contributed by atoms with Gasteiger partial charge < -0.3 is 4.74 Å². The van der Waals surface area contributed by atoms with Gasteiger partial charge >= 0.3 is 5.97 Å². The van der Waals surface area contributed by atoms with Crippen LogP contribution in [-0.4, -0.2) is 42.8 Å². The number of ether oxygens (including phenoxy) is 1. The van der Waals surface area contributed by atoms with Crippen LogP contribution in [0, 0.1) is 5.92 Å². The van der Waals surface area contributed by atoms with Gasteiger partial charge in [-0.25, -0.2) is 4.79 Å². The van der Waals surface area contributed by atoms with Gasteiger partial charge in [0.1, 0.15) is 0 Å². The van der Waals surface area contributed by atoms with Crippen LogP contribution >= 0.6 is 0 Å². The van der Waals surface area contributed by atoms with E-state index in [0.717, 1.165) is 19.6 Å². The zero-order valence-corrected chi connectivity index (χ0v) is 19.1. The molecule has 0 radical (unpaired) electrons. The van der Waals surface area contributed by atoms with Crippen LogP contribution in [0.25, 0.3) is 0 Å². The number of benzene rings is 3. The van der Waals surface area contributed by atoms with Gasteiger partial charge in [0.25, 0.3) is 0 Å². The van der Waals surface area contributed by atoms with Gasteiger partial charge in [0.15, 0.2) is 0 Å². The predicted octanol–water partition coefficient (Wildman–Crippen LogP) is 5.34. The smallest absolute Gasteiger partial charge is 0.337 e. The molecule has 0 aliphatic carbocycles. The molecular weight excluding hydrogens is 408 g/mol. The lowest BCUT2D eigenvalue weighted by Gasteiger charge is -2.49. The Labute approximate surface area is 195 Å². The molecule has 6 rings (SSSR count). The van der Waals surface area contributed by atoms with Crippen molar-refractivity contribution in [3.8, 4) is 0 Å². The predicted molar refractivity (Wildman–Crippen MR) is 132 cm³/mol. The van der Waals surface area contributed by atoms with E-state index in [1.54, 1.807) is 0 Å². The fraction of sp³-hybridized carbons (Fsp3) is 0.310. The molecule has 0 amide bonds. The fourth-order valence-electron chi connectivity index (χ4n) is 5.43. The van der Waals surface area contributed by atoms with E-state index in [2.05, 4.69) is 77.7 Å². The summed E-state index contributed by atoms with van der Waals surface area (Å²) in [6.07, 6.45) is 2.37. The molecule has 3 aromatic carbocycles. The second-order valence-electron chi connectivity index (χ2n) is 8.98. The van der Waals surface area contributed by atoms with Gasteiger partial charge in [-0.3, -0.25) is 9.89 Å². The van der Waals surface area contributed by atoms with Gasteiger partial charge in [-0.2, -0.15) is 0 Å². The highest BCUT2D eigenvalue weighted by Gasteiger charge is 2.43. The highest BCUT2D eigenvalue weighted by atomic mass is 16.5. The summed E-state index contributed by atoms with van der Waals surface area (Å²) >= 11 is 0. The second kappa shape index (κ2) is 9.72. The summed E-state index contributed by atoms with van der Waals surface area (Å²) in [6.45, 7) is 2.95. The molecule has 3 fully saturated rings. The maximum atomic E-state index is 12.0. The quantitative estimate of drug-likeness (QED) is 0.488. The molecule has 4 heteroatoms. The summed E-state index contributed by atoms with van der Waals surface area (Å²) in [5, 5.41) is 0. The summed E-state index contributed by atoms with van der Waals surface area (Å²) < 4.78 is 4.90. The molecule has 4 nitrogen and oxygen atoms in total. The molecule has 168 valence electrons. The first-order valence-electron chi connectivity index (χ1n) is 11.8. The molecule has 3 heterocycles. The number of carbonyl (C=O) groups excluding carboxylic acids is 1. The van der Waals surface area contributed by atoms with Crippen LogP contribution in [0.15, 0.2) is 89.9 Å². The summed E-state index contributed by atoms with van der Waals surface area (Å²) in [6, 6.07) is 29.4. The number of hydrogen-bond donors (Lipinski definition) is 0. The third-order valence-corrected chi connectivity index (χ3v) is 7.10. The molecule has 2 atom stereocenters. The lowest BCUT2D eigenvalue weighted by atomic mass is 9.72. The number of hydrogen-bond acceptors (Lipinski definition) is 4. The average molecular weight is 439 g/mol. The Morgan fingerprint density at radius 3 is 2.15 bits per heavy atom. The number of carbonyl (C=O) groups is 1. The van der Waals surface area contributed by atoms with Gasteiger partial charge in [-0.15, -0.1) is 0 Å². The Bertz CT molecular complexity index is 1100. The van der Waals surface area contributed by atoms with E-state index in [0.29, 0.717) is 11.5 Å².